The van der Waals surface area contributed by atoms with Gasteiger partial charge >= 0.3 is 5.97 Å². The molecular formula is C16H24N2O3. The predicted octanol–water partition coefficient (Wildman–Crippen LogP) is 3.02. The molecule has 0 aliphatic heterocycles. The Balaban J connectivity index is 2.35. The highest BCUT2D eigenvalue weighted by Gasteiger charge is 2.39. The zero-order chi connectivity index (χ0) is 15.3. The number of ether oxygens (including phenoxy) is 2. The zero-order valence-electron chi connectivity index (χ0n) is 13.1. The number of carbonyl (C=O) groups is 1. The van der Waals surface area contributed by atoms with E-state index in [4.69, 9.17) is 9.47 Å². The van der Waals surface area contributed by atoms with Crippen LogP contribution in [0, 0.1) is 0 Å². The smallest absolute Gasteiger partial charge is 0.341 e. The Hall–Kier alpha value is -1.49. The summed E-state index contributed by atoms with van der Waals surface area (Å²) in [5.74, 6) is 0.365. The molecule has 21 heavy (non-hydrogen) atoms. The molecule has 1 saturated carbocycles. The van der Waals surface area contributed by atoms with Crippen LogP contribution in [0.1, 0.15) is 68.3 Å². The Kier molecular flexibility index (Phi) is 5.28. The van der Waals surface area contributed by atoms with Gasteiger partial charge in [-0.25, -0.2) is 14.8 Å². The van der Waals surface area contributed by atoms with Crippen molar-refractivity contribution in [3.63, 3.8) is 0 Å². The Labute approximate surface area is 126 Å². The van der Waals surface area contributed by atoms with E-state index in [1.165, 1.54) is 0 Å². The molecule has 0 saturated heterocycles. The third kappa shape index (κ3) is 3.23. The summed E-state index contributed by atoms with van der Waals surface area (Å²) < 4.78 is 11.0. The average molecular weight is 292 g/mol. The first kappa shape index (κ1) is 15.9. The van der Waals surface area contributed by atoms with Gasteiger partial charge in [0.1, 0.15) is 5.60 Å². The maximum atomic E-state index is 11.9. The summed E-state index contributed by atoms with van der Waals surface area (Å²) in [6.45, 7) is 6.77. The topological polar surface area (TPSA) is 61.3 Å². The first-order valence-electron chi connectivity index (χ1n) is 7.84. The Morgan fingerprint density at radius 2 is 1.95 bits per heavy atom. The number of hydrogen-bond donors (Lipinski definition) is 0. The van der Waals surface area contributed by atoms with Crippen molar-refractivity contribution in [2.24, 2.45) is 0 Å². The molecule has 1 heterocycles. The second kappa shape index (κ2) is 6.98. The summed E-state index contributed by atoms with van der Waals surface area (Å²) in [5.41, 5.74) is 0.837. The van der Waals surface area contributed by atoms with Gasteiger partial charge in [-0.05, 0) is 46.0 Å². The minimum absolute atomic E-state index is 0.349. The van der Waals surface area contributed by atoms with Gasteiger partial charge in [-0.3, -0.25) is 0 Å². The van der Waals surface area contributed by atoms with Gasteiger partial charge in [0, 0.05) is 12.8 Å². The molecule has 0 unspecified atom stereocenters. The van der Waals surface area contributed by atoms with Crippen molar-refractivity contribution in [1.29, 1.82) is 0 Å². The molecule has 0 bridgehead atoms. The van der Waals surface area contributed by atoms with E-state index in [1.54, 1.807) is 13.1 Å². The molecule has 1 aromatic heterocycles. The Morgan fingerprint density at radius 1 is 1.24 bits per heavy atom. The molecule has 1 aliphatic carbocycles. The van der Waals surface area contributed by atoms with Crippen LogP contribution in [0.4, 0.5) is 0 Å². The summed E-state index contributed by atoms with van der Waals surface area (Å²) >= 11 is 0. The molecule has 0 amide bonds. The first-order valence-corrected chi connectivity index (χ1v) is 7.84. The number of hydrogen-bond acceptors (Lipinski definition) is 5. The SMILES string of the molecule is CCOC(=O)c1cnc(C2(OCC)CCCC2)nc1CC. The van der Waals surface area contributed by atoms with E-state index in [0.717, 1.165) is 31.4 Å². The lowest BCUT2D eigenvalue weighted by Crippen LogP contribution is -2.30. The maximum Gasteiger partial charge on any atom is 0.341 e. The number of aryl methyl sites for hydroxylation is 1. The highest BCUT2D eigenvalue weighted by atomic mass is 16.5. The van der Waals surface area contributed by atoms with Gasteiger partial charge in [-0.1, -0.05) is 6.92 Å². The first-order chi connectivity index (χ1) is 10.2. The molecular weight excluding hydrogens is 268 g/mol. The van der Waals surface area contributed by atoms with Crippen molar-refractivity contribution >= 4 is 5.97 Å². The number of nitrogens with zero attached hydrogens (tertiary/aromatic N) is 2. The summed E-state index contributed by atoms with van der Waals surface area (Å²) in [4.78, 5) is 21.0. The monoisotopic (exact) mass is 292 g/mol. The molecule has 1 fully saturated rings. The van der Waals surface area contributed by atoms with Gasteiger partial charge in [-0.2, -0.15) is 0 Å². The molecule has 0 radical (unpaired) electrons. The van der Waals surface area contributed by atoms with Crippen LogP contribution in [-0.4, -0.2) is 29.2 Å². The van der Waals surface area contributed by atoms with E-state index in [2.05, 4.69) is 9.97 Å². The second-order valence-electron chi connectivity index (χ2n) is 5.26. The molecule has 5 nitrogen and oxygen atoms in total. The van der Waals surface area contributed by atoms with Gasteiger partial charge in [0.2, 0.25) is 0 Å². The normalized spacial score (nSPS) is 16.9. The van der Waals surface area contributed by atoms with Crippen LogP contribution in [-0.2, 0) is 21.5 Å². The zero-order valence-corrected chi connectivity index (χ0v) is 13.1. The van der Waals surface area contributed by atoms with Crippen LogP contribution >= 0.6 is 0 Å². The van der Waals surface area contributed by atoms with E-state index in [9.17, 15) is 4.79 Å². The van der Waals surface area contributed by atoms with Crippen LogP contribution in [0.15, 0.2) is 6.20 Å². The molecule has 1 aliphatic rings. The van der Waals surface area contributed by atoms with E-state index in [-0.39, 0.29) is 11.6 Å². The van der Waals surface area contributed by atoms with Crippen LogP contribution < -0.4 is 0 Å². The lowest BCUT2D eigenvalue weighted by Gasteiger charge is -2.27. The summed E-state index contributed by atoms with van der Waals surface area (Å²) in [6.07, 6.45) is 6.42. The van der Waals surface area contributed by atoms with E-state index >= 15 is 0 Å². The summed E-state index contributed by atoms with van der Waals surface area (Å²) in [6, 6.07) is 0. The standard InChI is InChI=1S/C16H24N2O3/c1-4-13-12(14(19)20-5-2)11-17-15(18-13)16(21-6-3)9-7-8-10-16/h11H,4-10H2,1-3H3. The van der Waals surface area contributed by atoms with Crippen molar-refractivity contribution in [2.45, 2.75) is 58.5 Å². The van der Waals surface area contributed by atoms with Crippen molar-refractivity contribution in [3.8, 4) is 0 Å². The van der Waals surface area contributed by atoms with Gasteiger partial charge in [0.05, 0.1) is 17.9 Å². The highest BCUT2D eigenvalue weighted by molar-refractivity contribution is 5.90. The van der Waals surface area contributed by atoms with Gasteiger partial charge in [-0.15, -0.1) is 0 Å². The van der Waals surface area contributed by atoms with Crippen LogP contribution in [0.3, 0.4) is 0 Å². The fraction of sp³-hybridized carbons (Fsp3) is 0.688. The van der Waals surface area contributed by atoms with E-state index < -0.39 is 0 Å². The molecule has 116 valence electrons. The van der Waals surface area contributed by atoms with E-state index in [1.807, 2.05) is 13.8 Å². The third-order valence-corrected chi connectivity index (χ3v) is 3.94. The number of rotatable bonds is 6. The van der Waals surface area contributed by atoms with Crippen molar-refractivity contribution in [1.82, 2.24) is 9.97 Å². The lowest BCUT2D eigenvalue weighted by molar-refractivity contribution is -0.0459. The quantitative estimate of drug-likeness (QED) is 0.754. The van der Waals surface area contributed by atoms with Crippen LogP contribution in [0.25, 0.3) is 0 Å². The van der Waals surface area contributed by atoms with Gasteiger partial charge in [0.15, 0.2) is 5.82 Å². The average Bonchev–Trinajstić information content (AvgIpc) is 2.97. The van der Waals surface area contributed by atoms with Crippen molar-refractivity contribution < 1.29 is 14.3 Å². The molecule has 1 aromatic rings. The third-order valence-electron chi connectivity index (χ3n) is 3.94. The molecule has 5 heteroatoms. The van der Waals surface area contributed by atoms with Gasteiger partial charge < -0.3 is 9.47 Å². The summed E-state index contributed by atoms with van der Waals surface area (Å²) in [5, 5.41) is 0. The van der Waals surface area contributed by atoms with Gasteiger partial charge in [0.25, 0.3) is 0 Å². The van der Waals surface area contributed by atoms with Crippen molar-refractivity contribution in [2.75, 3.05) is 13.2 Å². The predicted molar refractivity (Wildman–Crippen MR) is 79.1 cm³/mol. The molecule has 2 rings (SSSR count). The van der Waals surface area contributed by atoms with Crippen LogP contribution in [0.2, 0.25) is 0 Å². The maximum absolute atomic E-state index is 11.9. The number of carbonyl (C=O) groups excluding carboxylic acids is 1. The molecule has 0 aromatic carbocycles. The van der Waals surface area contributed by atoms with E-state index in [0.29, 0.717) is 31.0 Å². The number of aromatic nitrogens is 2. The Bertz CT molecular complexity index is 496. The minimum atomic E-state index is -0.369. The lowest BCUT2D eigenvalue weighted by atomic mass is 10.00. The minimum Gasteiger partial charge on any atom is -0.462 e. The number of esters is 1. The summed E-state index contributed by atoms with van der Waals surface area (Å²) in [7, 11) is 0. The molecule has 0 atom stereocenters. The van der Waals surface area contributed by atoms with Crippen LogP contribution in [0.5, 0.6) is 0 Å². The highest BCUT2D eigenvalue weighted by Crippen LogP contribution is 2.40. The largest absolute Gasteiger partial charge is 0.462 e. The Morgan fingerprint density at radius 3 is 2.52 bits per heavy atom. The fourth-order valence-corrected chi connectivity index (χ4v) is 2.94. The molecule has 0 N–H and O–H groups in total. The van der Waals surface area contributed by atoms with Crippen molar-refractivity contribution in [3.05, 3.63) is 23.3 Å². The fourth-order valence-electron chi connectivity index (χ4n) is 2.94. The molecule has 0 spiro atoms. The second-order valence-corrected chi connectivity index (χ2v) is 5.26.